The average Bonchev–Trinajstić information content (AvgIpc) is 2.13. The Bertz CT molecular complexity index is 319. The quantitative estimate of drug-likeness (QED) is 0.747. The molecule has 2 nitrogen and oxygen atoms in total. The zero-order valence-electron chi connectivity index (χ0n) is 8.87. The van der Waals surface area contributed by atoms with Crippen LogP contribution < -0.4 is 0 Å². The van der Waals surface area contributed by atoms with Crippen LogP contribution in [0.5, 0.6) is 5.75 Å². The van der Waals surface area contributed by atoms with E-state index in [2.05, 4.69) is 0 Å². The summed E-state index contributed by atoms with van der Waals surface area (Å²) in [4.78, 5) is 10.4. The standard InChI is InChI=1S/C12H16O2/c1-8(4-5-13)11-6-9(2)10(3)12(14)7-11/h5-8,14H,4H2,1-3H3. The second-order valence-corrected chi connectivity index (χ2v) is 3.79. The number of benzene rings is 1. The van der Waals surface area contributed by atoms with Crippen LogP contribution in [0.15, 0.2) is 12.1 Å². The highest BCUT2D eigenvalue weighted by Crippen LogP contribution is 2.27. The molecular weight excluding hydrogens is 176 g/mol. The minimum absolute atomic E-state index is 0.178. The molecule has 0 aromatic heterocycles. The Morgan fingerprint density at radius 1 is 1.43 bits per heavy atom. The molecule has 0 heterocycles. The number of hydrogen-bond donors (Lipinski definition) is 1. The van der Waals surface area contributed by atoms with Gasteiger partial charge in [-0.2, -0.15) is 0 Å². The smallest absolute Gasteiger partial charge is 0.120 e. The Morgan fingerprint density at radius 3 is 2.57 bits per heavy atom. The normalized spacial score (nSPS) is 12.5. The van der Waals surface area contributed by atoms with Crippen molar-refractivity contribution >= 4 is 6.29 Å². The van der Waals surface area contributed by atoms with E-state index >= 15 is 0 Å². The van der Waals surface area contributed by atoms with Crippen molar-refractivity contribution in [2.75, 3.05) is 0 Å². The highest BCUT2D eigenvalue weighted by Gasteiger charge is 2.08. The second kappa shape index (κ2) is 4.27. The van der Waals surface area contributed by atoms with Crippen molar-refractivity contribution in [1.29, 1.82) is 0 Å². The van der Waals surface area contributed by atoms with Crippen LogP contribution in [0.4, 0.5) is 0 Å². The molecule has 1 aromatic carbocycles. The molecule has 76 valence electrons. The molecule has 14 heavy (non-hydrogen) atoms. The number of aldehydes is 1. The van der Waals surface area contributed by atoms with Gasteiger partial charge in [0.05, 0.1) is 0 Å². The maximum Gasteiger partial charge on any atom is 0.120 e. The molecule has 1 rings (SSSR count). The van der Waals surface area contributed by atoms with Gasteiger partial charge in [-0.15, -0.1) is 0 Å². The lowest BCUT2D eigenvalue weighted by Crippen LogP contribution is -1.96. The summed E-state index contributed by atoms with van der Waals surface area (Å²) in [5, 5.41) is 9.61. The lowest BCUT2D eigenvalue weighted by Gasteiger charge is -2.12. The van der Waals surface area contributed by atoms with Crippen molar-refractivity contribution in [2.45, 2.75) is 33.1 Å². The Hall–Kier alpha value is -1.31. The van der Waals surface area contributed by atoms with Gasteiger partial charge in [-0.25, -0.2) is 0 Å². The number of carbonyl (C=O) groups excluding carboxylic acids is 1. The molecule has 1 atom stereocenters. The van der Waals surface area contributed by atoms with Gasteiger partial charge in [0.25, 0.3) is 0 Å². The van der Waals surface area contributed by atoms with Gasteiger partial charge >= 0.3 is 0 Å². The molecule has 0 aliphatic heterocycles. The molecule has 0 saturated carbocycles. The fraction of sp³-hybridized carbons (Fsp3) is 0.417. The van der Waals surface area contributed by atoms with E-state index in [9.17, 15) is 9.90 Å². The monoisotopic (exact) mass is 192 g/mol. The summed E-state index contributed by atoms with van der Waals surface area (Å²) >= 11 is 0. The van der Waals surface area contributed by atoms with Crippen molar-refractivity contribution in [1.82, 2.24) is 0 Å². The molecule has 0 aliphatic carbocycles. The molecule has 2 heteroatoms. The Morgan fingerprint density at radius 2 is 2.07 bits per heavy atom. The summed E-state index contributed by atoms with van der Waals surface area (Å²) < 4.78 is 0. The molecule has 0 spiro atoms. The first kappa shape index (κ1) is 10.8. The van der Waals surface area contributed by atoms with Gasteiger partial charge in [0.2, 0.25) is 0 Å². The SMILES string of the molecule is Cc1cc(C(C)CC=O)cc(O)c1C. The fourth-order valence-corrected chi connectivity index (χ4v) is 1.43. The van der Waals surface area contributed by atoms with Gasteiger partial charge in [0.15, 0.2) is 0 Å². The number of phenols is 1. The van der Waals surface area contributed by atoms with E-state index in [1.165, 1.54) is 0 Å². The van der Waals surface area contributed by atoms with Crippen LogP contribution in [0, 0.1) is 13.8 Å². The predicted molar refractivity (Wildman–Crippen MR) is 56.7 cm³/mol. The van der Waals surface area contributed by atoms with Crippen molar-refractivity contribution in [2.24, 2.45) is 0 Å². The Labute approximate surface area is 84.6 Å². The largest absolute Gasteiger partial charge is 0.508 e. The number of aryl methyl sites for hydroxylation is 1. The van der Waals surface area contributed by atoms with E-state index in [4.69, 9.17) is 0 Å². The molecule has 1 N–H and O–H groups in total. The lowest BCUT2D eigenvalue weighted by molar-refractivity contribution is -0.108. The van der Waals surface area contributed by atoms with Crippen molar-refractivity contribution in [3.63, 3.8) is 0 Å². The minimum atomic E-state index is 0.178. The van der Waals surface area contributed by atoms with Crippen LogP contribution in [-0.2, 0) is 4.79 Å². The highest BCUT2D eigenvalue weighted by molar-refractivity contribution is 5.52. The molecule has 0 bridgehead atoms. The van der Waals surface area contributed by atoms with Crippen molar-refractivity contribution < 1.29 is 9.90 Å². The molecular formula is C12H16O2. The topological polar surface area (TPSA) is 37.3 Å². The summed E-state index contributed by atoms with van der Waals surface area (Å²) in [6.45, 7) is 5.84. The first-order valence-electron chi connectivity index (χ1n) is 4.80. The van der Waals surface area contributed by atoms with Gasteiger partial charge in [0, 0.05) is 6.42 Å². The average molecular weight is 192 g/mol. The van der Waals surface area contributed by atoms with E-state index in [0.717, 1.165) is 23.0 Å². The molecule has 1 unspecified atom stereocenters. The number of hydrogen-bond acceptors (Lipinski definition) is 2. The molecule has 0 radical (unpaired) electrons. The summed E-state index contributed by atoms with van der Waals surface area (Å²) in [6.07, 6.45) is 1.42. The third-order valence-electron chi connectivity index (χ3n) is 2.68. The maximum absolute atomic E-state index is 10.4. The first-order chi connectivity index (χ1) is 6.56. The molecule has 0 saturated heterocycles. The zero-order chi connectivity index (χ0) is 10.7. The van der Waals surface area contributed by atoms with Gasteiger partial charge in [-0.05, 0) is 42.5 Å². The van der Waals surface area contributed by atoms with Crippen LogP contribution in [0.3, 0.4) is 0 Å². The maximum atomic E-state index is 10.4. The Balaban J connectivity index is 3.05. The third kappa shape index (κ3) is 2.13. The van der Waals surface area contributed by atoms with E-state index in [1.807, 2.05) is 26.8 Å². The van der Waals surface area contributed by atoms with Gasteiger partial charge in [0.1, 0.15) is 12.0 Å². The van der Waals surface area contributed by atoms with Gasteiger partial charge < -0.3 is 9.90 Å². The van der Waals surface area contributed by atoms with E-state index in [-0.39, 0.29) is 5.92 Å². The number of phenolic OH excluding ortho intramolecular Hbond substituents is 1. The van der Waals surface area contributed by atoms with Crippen LogP contribution in [0.1, 0.15) is 36.0 Å². The molecule has 0 aliphatic rings. The summed E-state index contributed by atoms with van der Waals surface area (Å²) in [6, 6.07) is 3.78. The second-order valence-electron chi connectivity index (χ2n) is 3.79. The minimum Gasteiger partial charge on any atom is -0.508 e. The highest BCUT2D eigenvalue weighted by atomic mass is 16.3. The van der Waals surface area contributed by atoms with Gasteiger partial charge in [-0.1, -0.05) is 13.0 Å². The van der Waals surface area contributed by atoms with Crippen LogP contribution in [-0.4, -0.2) is 11.4 Å². The predicted octanol–water partition coefficient (Wildman–Crippen LogP) is 2.70. The third-order valence-corrected chi connectivity index (χ3v) is 2.68. The van der Waals surface area contributed by atoms with Crippen LogP contribution >= 0.6 is 0 Å². The molecule has 1 aromatic rings. The summed E-state index contributed by atoms with van der Waals surface area (Å²) in [5.41, 5.74) is 3.00. The molecule has 0 amide bonds. The first-order valence-corrected chi connectivity index (χ1v) is 4.80. The van der Waals surface area contributed by atoms with Crippen molar-refractivity contribution in [3.05, 3.63) is 28.8 Å². The van der Waals surface area contributed by atoms with E-state index in [1.54, 1.807) is 6.07 Å². The van der Waals surface area contributed by atoms with Crippen molar-refractivity contribution in [3.8, 4) is 5.75 Å². The van der Waals surface area contributed by atoms with E-state index < -0.39 is 0 Å². The summed E-state index contributed by atoms with van der Waals surface area (Å²) in [5.74, 6) is 0.496. The Kier molecular flexibility index (Phi) is 3.28. The fourth-order valence-electron chi connectivity index (χ4n) is 1.43. The van der Waals surface area contributed by atoms with E-state index in [0.29, 0.717) is 12.2 Å². The zero-order valence-corrected chi connectivity index (χ0v) is 8.87. The number of aromatic hydroxyl groups is 1. The summed E-state index contributed by atoms with van der Waals surface area (Å²) in [7, 11) is 0. The number of carbonyl (C=O) groups is 1. The lowest BCUT2D eigenvalue weighted by atomic mass is 9.94. The van der Waals surface area contributed by atoms with Gasteiger partial charge in [-0.3, -0.25) is 0 Å². The van der Waals surface area contributed by atoms with Crippen LogP contribution in [0.25, 0.3) is 0 Å². The van der Waals surface area contributed by atoms with Crippen LogP contribution in [0.2, 0.25) is 0 Å². The molecule has 0 fully saturated rings. The number of rotatable bonds is 3.